The van der Waals surface area contributed by atoms with Crippen LogP contribution in [-0.4, -0.2) is 28.9 Å². The van der Waals surface area contributed by atoms with Crippen LogP contribution in [0.15, 0.2) is 18.3 Å². The van der Waals surface area contributed by atoms with Gasteiger partial charge in [-0.3, -0.25) is 4.79 Å². The molecule has 5 heteroatoms. The molecule has 0 saturated carbocycles. The Bertz CT molecular complexity index is 484. The molecule has 2 heterocycles. The lowest BCUT2D eigenvalue weighted by atomic mass is 9.82. The first kappa shape index (κ1) is 12.5. The second kappa shape index (κ2) is 4.73. The number of pyridine rings is 1. The van der Waals surface area contributed by atoms with E-state index in [2.05, 4.69) is 11.1 Å². The maximum absolute atomic E-state index is 12.7. The van der Waals surface area contributed by atoms with E-state index in [1.54, 1.807) is 4.90 Å². The Morgan fingerprint density at radius 2 is 2.17 bits per heavy atom. The van der Waals surface area contributed by atoms with Gasteiger partial charge < -0.3 is 4.90 Å². The van der Waals surface area contributed by atoms with Gasteiger partial charge >= 0.3 is 0 Å². The summed E-state index contributed by atoms with van der Waals surface area (Å²) in [5.41, 5.74) is 0.0506. The fourth-order valence-electron chi connectivity index (χ4n) is 2.00. The summed E-state index contributed by atoms with van der Waals surface area (Å²) < 4.78 is 12.7. The third kappa shape index (κ3) is 2.48. The van der Waals surface area contributed by atoms with E-state index in [0.29, 0.717) is 31.5 Å². The van der Waals surface area contributed by atoms with E-state index in [4.69, 9.17) is 5.26 Å². The Balaban J connectivity index is 2.04. The highest BCUT2D eigenvalue weighted by molar-refractivity contribution is 5.93. The zero-order chi connectivity index (χ0) is 13.2. The van der Waals surface area contributed by atoms with Gasteiger partial charge in [-0.15, -0.1) is 0 Å². The minimum atomic E-state index is -0.595. The van der Waals surface area contributed by atoms with Gasteiger partial charge in [0.2, 0.25) is 5.95 Å². The summed E-state index contributed by atoms with van der Waals surface area (Å²) in [4.78, 5) is 17.3. The predicted molar refractivity (Wildman–Crippen MR) is 63.1 cm³/mol. The number of rotatable bonds is 1. The molecule has 1 saturated heterocycles. The number of carbonyl (C=O) groups excluding carboxylic acids is 1. The molecule has 4 nitrogen and oxygen atoms in total. The van der Waals surface area contributed by atoms with Gasteiger partial charge in [-0.05, 0) is 31.9 Å². The van der Waals surface area contributed by atoms with Gasteiger partial charge in [0.25, 0.3) is 5.91 Å². The molecule has 0 N–H and O–H groups in total. The number of likely N-dealkylation sites (tertiary alicyclic amines) is 1. The molecule has 2 rings (SSSR count). The second-order valence-corrected chi connectivity index (χ2v) is 4.83. The minimum absolute atomic E-state index is 0.150. The Kier molecular flexibility index (Phi) is 3.28. The van der Waals surface area contributed by atoms with Crippen LogP contribution in [0.4, 0.5) is 4.39 Å². The smallest absolute Gasteiger partial charge is 0.255 e. The molecule has 0 aromatic carbocycles. The van der Waals surface area contributed by atoms with Gasteiger partial charge in [-0.25, -0.2) is 4.98 Å². The molecule has 18 heavy (non-hydrogen) atoms. The third-order valence-corrected chi connectivity index (χ3v) is 3.40. The van der Waals surface area contributed by atoms with Crippen molar-refractivity contribution in [3.63, 3.8) is 0 Å². The first-order valence-corrected chi connectivity index (χ1v) is 5.86. The maximum Gasteiger partial charge on any atom is 0.255 e. The van der Waals surface area contributed by atoms with E-state index in [9.17, 15) is 9.18 Å². The summed E-state index contributed by atoms with van der Waals surface area (Å²) in [6.45, 7) is 3.02. The minimum Gasteiger partial charge on any atom is -0.338 e. The highest BCUT2D eigenvalue weighted by atomic mass is 19.1. The third-order valence-electron chi connectivity index (χ3n) is 3.40. The predicted octanol–water partition coefficient (Wildman–Crippen LogP) is 1.99. The van der Waals surface area contributed by atoms with Crippen molar-refractivity contribution in [3.05, 3.63) is 29.8 Å². The molecule has 1 aromatic heterocycles. The molecule has 0 unspecified atom stereocenters. The van der Waals surface area contributed by atoms with Crippen molar-refractivity contribution in [3.8, 4) is 6.07 Å². The first-order valence-electron chi connectivity index (χ1n) is 5.86. The molecular formula is C13H14FN3O. The van der Waals surface area contributed by atoms with Crippen LogP contribution in [0.1, 0.15) is 30.1 Å². The average molecular weight is 247 g/mol. The fourth-order valence-corrected chi connectivity index (χ4v) is 2.00. The molecule has 94 valence electrons. The summed E-state index contributed by atoms with van der Waals surface area (Å²) in [7, 11) is 0. The van der Waals surface area contributed by atoms with E-state index in [-0.39, 0.29) is 11.3 Å². The molecule has 0 bridgehead atoms. The number of carbonyl (C=O) groups is 1. The Hall–Kier alpha value is -1.96. The van der Waals surface area contributed by atoms with E-state index in [1.165, 1.54) is 18.3 Å². The summed E-state index contributed by atoms with van der Waals surface area (Å²) in [6, 6.07) is 4.90. The Labute approximate surface area is 105 Å². The summed E-state index contributed by atoms with van der Waals surface area (Å²) in [5.74, 6) is -0.746. The molecule has 1 fully saturated rings. The zero-order valence-electron chi connectivity index (χ0n) is 10.2. The number of halogens is 1. The van der Waals surface area contributed by atoms with Gasteiger partial charge in [-0.1, -0.05) is 0 Å². The van der Waals surface area contributed by atoms with Crippen LogP contribution in [-0.2, 0) is 0 Å². The van der Waals surface area contributed by atoms with Crippen molar-refractivity contribution in [2.24, 2.45) is 5.41 Å². The molecule has 0 aliphatic carbocycles. The second-order valence-electron chi connectivity index (χ2n) is 4.83. The molecule has 1 aromatic rings. The molecular weight excluding hydrogens is 233 g/mol. The largest absolute Gasteiger partial charge is 0.338 e. The molecule has 1 amide bonds. The van der Waals surface area contributed by atoms with Gasteiger partial charge in [0.15, 0.2) is 0 Å². The highest BCUT2D eigenvalue weighted by Crippen LogP contribution is 2.30. The summed E-state index contributed by atoms with van der Waals surface area (Å²) in [6.07, 6.45) is 2.59. The number of hydrogen-bond donors (Lipinski definition) is 0. The van der Waals surface area contributed by atoms with Gasteiger partial charge in [0, 0.05) is 19.3 Å². The summed E-state index contributed by atoms with van der Waals surface area (Å²) in [5, 5.41) is 9.02. The number of aromatic nitrogens is 1. The van der Waals surface area contributed by atoms with Gasteiger partial charge in [0.1, 0.15) is 0 Å². The topological polar surface area (TPSA) is 57.0 Å². The van der Waals surface area contributed by atoms with Crippen molar-refractivity contribution in [1.29, 1.82) is 5.26 Å². The quantitative estimate of drug-likeness (QED) is 0.713. The van der Waals surface area contributed by atoms with Gasteiger partial charge in [-0.2, -0.15) is 9.65 Å². The number of piperidine rings is 1. The lowest BCUT2D eigenvalue weighted by Gasteiger charge is -2.34. The lowest BCUT2D eigenvalue weighted by molar-refractivity contribution is 0.0661. The molecule has 0 radical (unpaired) electrons. The van der Waals surface area contributed by atoms with Crippen LogP contribution in [0.25, 0.3) is 0 Å². The zero-order valence-corrected chi connectivity index (χ0v) is 10.2. The maximum atomic E-state index is 12.7. The van der Waals surface area contributed by atoms with E-state index < -0.39 is 5.95 Å². The Morgan fingerprint density at radius 1 is 1.50 bits per heavy atom. The normalized spacial score (nSPS) is 18.2. The Morgan fingerprint density at radius 3 is 2.67 bits per heavy atom. The molecule has 1 aliphatic rings. The number of hydrogen-bond acceptors (Lipinski definition) is 3. The number of nitrogens with zero attached hydrogens (tertiary/aromatic N) is 3. The van der Waals surface area contributed by atoms with Crippen LogP contribution >= 0.6 is 0 Å². The van der Waals surface area contributed by atoms with Crippen molar-refractivity contribution in [2.45, 2.75) is 19.8 Å². The standard InChI is InChI=1S/C13H14FN3O/c1-13(9-15)4-6-17(7-5-13)12(18)10-2-3-11(14)16-8-10/h2-3,8H,4-7H2,1H3. The average Bonchev–Trinajstić information content (AvgIpc) is 2.40. The van der Waals surface area contributed by atoms with Crippen molar-refractivity contribution >= 4 is 5.91 Å². The SMILES string of the molecule is CC1(C#N)CCN(C(=O)c2ccc(F)nc2)CC1. The van der Waals surface area contributed by atoms with E-state index >= 15 is 0 Å². The summed E-state index contributed by atoms with van der Waals surface area (Å²) >= 11 is 0. The van der Waals surface area contributed by atoms with Crippen molar-refractivity contribution < 1.29 is 9.18 Å². The van der Waals surface area contributed by atoms with Crippen LogP contribution < -0.4 is 0 Å². The van der Waals surface area contributed by atoms with Crippen LogP contribution in [0, 0.1) is 22.7 Å². The molecule has 0 spiro atoms. The number of nitriles is 1. The van der Waals surface area contributed by atoms with E-state index in [0.717, 1.165) is 0 Å². The van der Waals surface area contributed by atoms with E-state index in [1.807, 2.05) is 6.92 Å². The van der Waals surface area contributed by atoms with Crippen LogP contribution in [0.3, 0.4) is 0 Å². The van der Waals surface area contributed by atoms with Crippen LogP contribution in [0.5, 0.6) is 0 Å². The van der Waals surface area contributed by atoms with Crippen LogP contribution in [0.2, 0.25) is 0 Å². The fraction of sp³-hybridized carbons (Fsp3) is 0.462. The highest BCUT2D eigenvalue weighted by Gasteiger charge is 2.32. The van der Waals surface area contributed by atoms with Crippen molar-refractivity contribution in [2.75, 3.05) is 13.1 Å². The van der Waals surface area contributed by atoms with Crippen molar-refractivity contribution in [1.82, 2.24) is 9.88 Å². The van der Waals surface area contributed by atoms with Gasteiger partial charge in [0.05, 0.1) is 17.0 Å². The molecule has 0 atom stereocenters. The first-order chi connectivity index (χ1) is 8.54. The molecule has 1 aliphatic heterocycles. The lowest BCUT2D eigenvalue weighted by Crippen LogP contribution is -2.41. The number of amides is 1. The monoisotopic (exact) mass is 247 g/mol.